The van der Waals surface area contributed by atoms with Gasteiger partial charge >= 0.3 is 0 Å². The highest BCUT2D eigenvalue weighted by atomic mass is 32.2. The van der Waals surface area contributed by atoms with E-state index in [1.54, 1.807) is 54.7 Å². The second kappa shape index (κ2) is 13.3. The maximum absolute atomic E-state index is 14.0. The first kappa shape index (κ1) is 35.6. The summed E-state index contributed by atoms with van der Waals surface area (Å²) in [6.07, 6.45) is 1.57. The minimum absolute atomic E-state index is 0.142. The fraction of sp³-hybridized carbons (Fsp3) is 0.361. The predicted octanol–water partition coefficient (Wildman–Crippen LogP) is 7.64. The standard InChI is InChI=1S/C36H43N5O4S2Si/c1-24-10-13-28(14-11-24)47(43,44)41-17-16-29-32(25(2)20-26(3)34(29)41)33(39-46(42)36(4,5)6)35-38-30-15-12-27(22-37)21-31(30)40(35)23-45-18-19-48(7,8)9/h10-17,20-21H,18-19,23H2,1-9H3/b39-33-. The first-order valence-corrected chi connectivity index (χ1v) is 22.1. The highest BCUT2D eigenvalue weighted by Crippen LogP contribution is 2.34. The van der Waals surface area contributed by atoms with Crippen molar-refractivity contribution in [2.45, 2.75) is 83.6 Å². The highest BCUT2D eigenvalue weighted by molar-refractivity contribution is 7.91. The van der Waals surface area contributed by atoms with E-state index in [0.29, 0.717) is 51.2 Å². The fourth-order valence-corrected chi connectivity index (χ4v) is 8.25. The Hall–Kier alpha value is -3.73. The molecule has 3 aromatic carbocycles. The zero-order chi connectivity index (χ0) is 35.2. The third kappa shape index (κ3) is 7.16. The molecule has 48 heavy (non-hydrogen) atoms. The molecule has 5 rings (SSSR count). The molecule has 0 aliphatic rings. The lowest BCUT2D eigenvalue weighted by molar-refractivity contribution is 0.0895. The number of benzene rings is 3. The molecule has 0 bridgehead atoms. The molecule has 0 saturated carbocycles. The predicted molar refractivity (Wildman–Crippen MR) is 197 cm³/mol. The van der Waals surface area contributed by atoms with Gasteiger partial charge in [-0.15, -0.1) is 0 Å². The third-order valence-corrected chi connectivity index (χ3v) is 12.9. The van der Waals surface area contributed by atoms with Crippen LogP contribution in [-0.2, 0) is 32.9 Å². The first-order valence-electron chi connectivity index (χ1n) is 15.9. The number of fused-ring (bicyclic) bond motifs is 2. The molecule has 5 aromatic rings. The van der Waals surface area contributed by atoms with E-state index in [9.17, 15) is 18.2 Å². The van der Waals surface area contributed by atoms with Crippen LogP contribution >= 0.6 is 0 Å². The van der Waals surface area contributed by atoms with Crippen LogP contribution in [0.2, 0.25) is 25.7 Å². The Bertz CT molecular complexity index is 2180. The summed E-state index contributed by atoms with van der Waals surface area (Å²) in [6.45, 7) is 18.9. The summed E-state index contributed by atoms with van der Waals surface area (Å²) < 4.78 is 55.4. The number of aryl methyl sites for hydroxylation is 3. The molecule has 0 fully saturated rings. The molecular formula is C36H43N5O4S2Si. The summed E-state index contributed by atoms with van der Waals surface area (Å²) in [5.41, 5.74) is 5.84. The third-order valence-electron chi connectivity index (χ3n) is 8.14. The SMILES string of the molecule is Cc1ccc(S(=O)(=O)n2ccc3c(/C(=N/[S+]([O-])C(C)(C)C)c4nc5ccc(C#N)cc5n4COCC[Si](C)(C)C)c(C)cc(C)c32)cc1. The van der Waals surface area contributed by atoms with Crippen molar-refractivity contribution >= 4 is 57.1 Å². The van der Waals surface area contributed by atoms with Crippen molar-refractivity contribution in [2.75, 3.05) is 6.61 Å². The van der Waals surface area contributed by atoms with Gasteiger partial charge in [-0.05, 0) is 95.1 Å². The van der Waals surface area contributed by atoms with Crippen LogP contribution in [0.15, 0.2) is 70.1 Å². The Morgan fingerprint density at radius 1 is 1.04 bits per heavy atom. The fourth-order valence-electron chi connectivity index (χ4n) is 5.47. The van der Waals surface area contributed by atoms with Gasteiger partial charge in [-0.2, -0.15) is 5.26 Å². The molecule has 0 aliphatic carbocycles. The maximum atomic E-state index is 14.0. The van der Waals surface area contributed by atoms with Gasteiger partial charge in [0.05, 0.1) is 33.1 Å². The number of imidazole rings is 1. The van der Waals surface area contributed by atoms with Gasteiger partial charge in [0.1, 0.15) is 22.8 Å². The molecule has 1 unspecified atom stereocenters. The molecule has 0 aliphatic heterocycles. The Morgan fingerprint density at radius 2 is 1.73 bits per heavy atom. The molecular weight excluding hydrogens is 659 g/mol. The van der Waals surface area contributed by atoms with E-state index in [1.807, 2.05) is 52.2 Å². The van der Waals surface area contributed by atoms with E-state index in [-0.39, 0.29) is 11.6 Å². The van der Waals surface area contributed by atoms with Crippen LogP contribution in [0.1, 0.15) is 54.4 Å². The number of nitrogens with zero attached hydrogens (tertiary/aromatic N) is 5. The largest absolute Gasteiger partial charge is 0.591 e. The van der Waals surface area contributed by atoms with Crippen LogP contribution < -0.4 is 0 Å². The Labute approximate surface area is 287 Å². The minimum Gasteiger partial charge on any atom is -0.591 e. The van der Waals surface area contributed by atoms with Crippen LogP contribution in [0.4, 0.5) is 0 Å². The summed E-state index contributed by atoms with van der Waals surface area (Å²) in [7, 11) is -5.31. The van der Waals surface area contributed by atoms with Crippen LogP contribution in [0.5, 0.6) is 0 Å². The summed E-state index contributed by atoms with van der Waals surface area (Å²) >= 11 is -1.70. The number of hydrogen-bond donors (Lipinski definition) is 0. The van der Waals surface area contributed by atoms with Crippen molar-refractivity contribution in [3.63, 3.8) is 0 Å². The molecule has 0 saturated heterocycles. The normalized spacial score (nSPS) is 13.7. The van der Waals surface area contributed by atoms with Gasteiger partial charge in [-0.3, -0.25) is 4.57 Å². The number of rotatable bonds is 10. The maximum Gasteiger partial charge on any atom is 0.268 e. The van der Waals surface area contributed by atoms with Crippen molar-refractivity contribution in [2.24, 2.45) is 4.40 Å². The highest BCUT2D eigenvalue weighted by Gasteiger charge is 2.32. The quantitative estimate of drug-likeness (QED) is 0.0638. The molecule has 2 heterocycles. The summed E-state index contributed by atoms with van der Waals surface area (Å²) in [6, 6.07) is 18.9. The Kier molecular flexibility index (Phi) is 9.85. The lowest BCUT2D eigenvalue weighted by atomic mass is 9.96. The van der Waals surface area contributed by atoms with Gasteiger partial charge < -0.3 is 9.29 Å². The van der Waals surface area contributed by atoms with Crippen molar-refractivity contribution in [3.8, 4) is 6.07 Å². The van der Waals surface area contributed by atoms with Crippen molar-refractivity contribution in [1.82, 2.24) is 13.5 Å². The number of ether oxygens (including phenoxy) is 1. The van der Waals surface area contributed by atoms with Gasteiger partial charge in [0.25, 0.3) is 10.0 Å². The van der Waals surface area contributed by atoms with Crippen molar-refractivity contribution in [1.29, 1.82) is 5.26 Å². The molecule has 9 nitrogen and oxygen atoms in total. The van der Waals surface area contributed by atoms with Crippen LogP contribution in [-0.4, -0.2) is 51.6 Å². The topological polar surface area (TPSA) is 125 Å². The summed E-state index contributed by atoms with van der Waals surface area (Å²) in [5.74, 6) is 0.424. The van der Waals surface area contributed by atoms with Crippen molar-refractivity contribution in [3.05, 3.63) is 94.4 Å². The Balaban J connectivity index is 1.79. The van der Waals surface area contributed by atoms with Gasteiger partial charge in [0.2, 0.25) is 0 Å². The van der Waals surface area contributed by atoms with E-state index in [2.05, 4.69) is 25.7 Å². The second-order valence-electron chi connectivity index (χ2n) is 14.4. The molecule has 0 spiro atoms. The van der Waals surface area contributed by atoms with E-state index in [1.165, 1.54) is 3.97 Å². The molecule has 0 N–H and O–H groups in total. The average molecular weight is 702 g/mol. The molecule has 0 amide bonds. The van der Waals surface area contributed by atoms with Crippen LogP contribution in [0, 0.1) is 32.1 Å². The van der Waals surface area contributed by atoms with E-state index in [0.717, 1.165) is 22.7 Å². The average Bonchev–Trinajstić information content (AvgIpc) is 3.60. The summed E-state index contributed by atoms with van der Waals surface area (Å²) in [5, 5.41) is 10.4. The Morgan fingerprint density at radius 3 is 2.35 bits per heavy atom. The molecule has 252 valence electrons. The second-order valence-corrected chi connectivity index (χ2v) is 23.7. The number of nitriles is 1. The van der Waals surface area contributed by atoms with E-state index in [4.69, 9.17) is 14.1 Å². The molecule has 12 heteroatoms. The van der Waals surface area contributed by atoms with Gasteiger partial charge in [0, 0.05) is 31.8 Å². The first-order chi connectivity index (χ1) is 22.4. The van der Waals surface area contributed by atoms with E-state index < -0.39 is 34.2 Å². The molecule has 0 radical (unpaired) electrons. The van der Waals surface area contributed by atoms with Gasteiger partial charge in [-0.1, -0.05) is 47.8 Å². The van der Waals surface area contributed by atoms with Gasteiger partial charge in [-0.25, -0.2) is 17.4 Å². The van der Waals surface area contributed by atoms with Crippen LogP contribution in [0.3, 0.4) is 0 Å². The minimum atomic E-state index is -3.94. The van der Waals surface area contributed by atoms with E-state index >= 15 is 0 Å². The smallest absolute Gasteiger partial charge is 0.268 e. The number of aromatic nitrogens is 3. The monoisotopic (exact) mass is 701 g/mol. The van der Waals surface area contributed by atoms with Crippen molar-refractivity contribution < 1.29 is 17.7 Å². The van der Waals surface area contributed by atoms with Gasteiger partial charge in [0.15, 0.2) is 11.5 Å². The molecule has 1 atom stereocenters. The lowest BCUT2D eigenvalue weighted by Crippen LogP contribution is -2.28. The zero-order valence-electron chi connectivity index (χ0n) is 29.1. The number of hydrogen-bond acceptors (Lipinski definition) is 7. The zero-order valence-corrected chi connectivity index (χ0v) is 31.7. The lowest BCUT2D eigenvalue weighted by Gasteiger charge is -2.21. The molecule has 2 aromatic heterocycles. The van der Waals surface area contributed by atoms with Crippen LogP contribution in [0.25, 0.3) is 21.9 Å². The summed E-state index contributed by atoms with van der Waals surface area (Å²) in [4.78, 5) is 5.18.